The third kappa shape index (κ3) is 5.90. The van der Waals surface area contributed by atoms with E-state index in [1.807, 2.05) is 0 Å². The van der Waals surface area contributed by atoms with Gasteiger partial charge in [-0.05, 0) is 19.1 Å². The Morgan fingerprint density at radius 1 is 1.21 bits per heavy atom. The number of hydrogen-bond acceptors (Lipinski definition) is 8. The second kappa shape index (κ2) is 9.46. The van der Waals surface area contributed by atoms with Crippen molar-refractivity contribution in [1.82, 2.24) is 15.0 Å². The highest BCUT2D eigenvalue weighted by Gasteiger charge is 2.42. The average molecular weight is 463 g/mol. The highest BCUT2D eigenvalue weighted by atomic mass is 19.4. The van der Waals surface area contributed by atoms with E-state index in [-0.39, 0.29) is 29.6 Å². The summed E-state index contributed by atoms with van der Waals surface area (Å²) in [5.74, 6) is -4.48. The maximum absolute atomic E-state index is 13.4. The number of benzene rings is 1. The molecule has 3 N–H and O–H groups in total. The standard InChI is InChI=1S/C20H16F3N5O5/c1-10(7-13(24)18(30)31)32-19-25-8-12(9-26-19)27-16(29)14-15(20(21,22)23)33-17(28-14)11-5-3-2-4-6-11/h2-6,8-10,24H,7H2,1H3,(H,27,29)(H,30,31)/t10-/m1/s1. The van der Waals surface area contributed by atoms with Crippen LogP contribution in [0.4, 0.5) is 18.9 Å². The molecule has 0 spiro atoms. The molecule has 2 heterocycles. The lowest BCUT2D eigenvalue weighted by Crippen LogP contribution is -2.22. The number of aliphatic carboxylic acids is 1. The highest BCUT2D eigenvalue weighted by Crippen LogP contribution is 2.35. The van der Waals surface area contributed by atoms with E-state index in [9.17, 15) is 22.8 Å². The summed E-state index contributed by atoms with van der Waals surface area (Å²) in [4.78, 5) is 34.5. The Labute approximate surface area is 184 Å². The number of halogens is 3. The molecule has 1 atom stereocenters. The van der Waals surface area contributed by atoms with Gasteiger partial charge in [0.05, 0.1) is 18.1 Å². The highest BCUT2D eigenvalue weighted by molar-refractivity contribution is 6.34. The molecule has 1 amide bonds. The summed E-state index contributed by atoms with van der Waals surface area (Å²) in [5, 5.41) is 18.2. The number of oxazole rings is 1. The van der Waals surface area contributed by atoms with E-state index in [1.165, 1.54) is 19.1 Å². The number of amides is 1. The van der Waals surface area contributed by atoms with Crippen molar-refractivity contribution in [1.29, 1.82) is 5.41 Å². The molecule has 0 unspecified atom stereocenters. The fourth-order valence-electron chi connectivity index (χ4n) is 2.60. The number of carbonyl (C=O) groups excluding carboxylic acids is 1. The number of nitrogens with zero attached hydrogens (tertiary/aromatic N) is 3. The summed E-state index contributed by atoms with van der Waals surface area (Å²) in [6, 6.07) is 7.62. The van der Waals surface area contributed by atoms with E-state index in [0.717, 1.165) is 12.4 Å². The zero-order valence-corrected chi connectivity index (χ0v) is 16.9. The van der Waals surface area contributed by atoms with Crippen molar-refractivity contribution in [2.75, 3.05) is 5.32 Å². The summed E-state index contributed by atoms with van der Waals surface area (Å²) in [6.07, 6.45) is -3.72. The summed E-state index contributed by atoms with van der Waals surface area (Å²) in [6.45, 7) is 1.50. The van der Waals surface area contributed by atoms with Gasteiger partial charge in [0, 0.05) is 12.0 Å². The predicted octanol–water partition coefficient (Wildman–Crippen LogP) is 3.66. The first-order valence-corrected chi connectivity index (χ1v) is 9.28. The fourth-order valence-corrected chi connectivity index (χ4v) is 2.60. The van der Waals surface area contributed by atoms with Crippen molar-refractivity contribution in [2.24, 2.45) is 0 Å². The van der Waals surface area contributed by atoms with E-state index in [4.69, 9.17) is 19.7 Å². The van der Waals surface area contributed by atoms with Crippen LogP contribution in [0.2, 0.25) is 0 Å². The molecule has 0 saturated heterocycles. The molecule has 0 aliphatic carbocycles. The normalized spacial score (nSPS) is 12.1. The van der Waals surface area contributed by atoms with Gasteiger partial charge in [0.2, 0.25) is 11.7 Å². The lowest BCUT2D eigenvalue weighted by Gasteiger charge is -2.12. The third-order valence-electron chi connectivity index (χ3n) is 4.06. The number of ether oxygens (including phenoxy) is 1. The van der Waals surface area contributed by atoms with Crippen molar-refractivity contribution in [3.05, 3.63) is 54.2 Å². The van der Waals surface area contributed by atoms with Crippen molar-refractivity contribution < 1.29 is 37.0 Å². The van der Waals surface area contributed by atoms with Crippen LogP contribution in [0.15, 0.2) is 47.1 Å². The summed E-state index contributed by atoms with van der Waals surface area (Å²) >= 11 is 0. The van der Waals surface area contributed by atoms with E-state index >= 15 is 0 Å². The Morgan fingerprint density at radius 3 is 2.42 bits per heavy atom. The van der Waals surface area contributed by atoms with Crippen LogP contribution < -0.4 is 10.1 Å². The molecule has 33 heavy (non-hydrogen) atoms. The number of anilines is 1. The van der Waals surface area contributed by atoms with Gasteiger partial charge in [-0.3, -0.25) is 10.2 Å². The van der Waals surface area contributed by atoms with Crippen molar-refractivity contribution in [3.63, 3.8) is 0 Å². The second-order valence-electron chi connectivity index (χ2n) is 6.69. The molecule has 172 valence electrons. The second-order valence-corrected chi connectivity index (χ2v) is 6.69. The van der Waals surface area contributed by atoms with Crippen molar-refractivity contribution in [2.45, 2.75) is 25.6 Å². The number of aromatic nitrogens is 3. The summed E-state index contributed by atoms with van der Waals surface area (Å²) in [7, 11) is 0. The number of carboxylic acids is 1. The van der Waals surface area contributed by atoms with Crippen LogP contribution in [0, 0.1) is 5.41 Å². The number of alkyl halides is 3. The minimum atomic E-state index is -4.96. The van der Waals surface area contributed by atoms with Gasteiger partial charge in [-0.2, -0.15) is 13.2 Å². The molecular weight excluding hydrogens is 447 g/mol. The Kier molecular flexibility index (Phi) is 6.70. The smallest absolute Gasteiger partial charge is 0.452 e. The maximum atomic E-state index is 13.4. The van der Waals surface area contributed by atoms with Gasteiger partial charge in [-0.15, -0.1) is 0 Å². The van der Waals surface area contributed by atoms with Crippen LogP contribution in [0.25, 0.3) is 11.5 Å². The number of hydrogen-bond donors (Lipinski definition) is 3. The van der Waals surface area contributed by atoms with E-state index in [0.29, 0.717) is 0 Å². The van der Waals surface area contributed by atoms with Crippen LogP contribution >= 0.6 is 0 Å². The van der Waals surface area contributed by atoms with Crippen LogP contribution in [-0.4, -0.2) is 43.8 Å². The summed E-state index contributed by atoms with van der Waals surface area (Å²) < 4.78 is 50.3. The zero-order chi connectivity index (χ0) is 24.2. The molecule has 0 bridgehead atoms. The van der Waals surface area contributed by atoms with Gasteiger partial charge in [-0.1, -0.05) is 18.2 Å². The average Bonchev–Trinajstić information content (AvgIpc) is 3.22. The van der Waals surface area contributed by atoms with Crippen LogP contribution in [0.3, 0.4) is 0 Å². The van der Waals surface area contributed by atoms with E-state index in [1.54, 1.807) is 18.2 Å². The number of nitrogens with one attached hydrogen (secondary N) is 2. The summed E-state index contributed by atoms with van der Waals surface area (Å²) in [5.41, 5.74) is -1.30. The van der Waals surface area contributed by atoms with Crippen molar-refractivity contribution >= 4 is 23.3 Å². The zero-order valence-electron chi connectivity index (χ0n) is 16.9. The number of carboxylic acid groups (broad SMARTS) is 1. The first kappa shape index (κ1) is 23.4. The maximum Gasteiger partial charge on any atom is 0.452 e. The van der Waals surface area contributed by atoms with Crippen molar-refractivity contribution in [3.8, 4) is 17.5 Å². The molecule has 2 aromatic heterocycles. The molecule has 3 rings (SSSR count). The molecule has 10 nitrogen and oxygen atoms in total. The monoisotopic (exact) mass is 463 g/mol. The molecule has 0 aliphatic rings. The van der Waals surface area contributed by atoms with E-state index < -0.39 is 41.3 Å². The van der Waals surface area contributed by atoms with Gasteiger partial charge in [0.1, 0.15) is 11.8 Å². The van der Waals surface area contributed by atoms with Gasteiger partial charge in [0.25, 0.3) is 5.91 Å². The molecule has 0 aliphatic heterocycles. The van der Waals surface area contributed by atoms with Gasteiger partial charge in [-0.25, -0.2) is 19.7 Å². The number of rotatable bonds is 8. The molecular formula is C20H16F3N5O5. The quantitative estimate of drug-likeness (QED) is 0.428. The Balaban J connectivity index is 1.74. The van der Waals surface area contributed by atoms with Gasteiger partial charge >= 0.3 is 18.2 Å². The molecule has 0 radical (unpaired) electrons. The van der Waals surface area contributed by atoms with Crippen LogP contribution in [-0.2, 0) is 11.0 Å². The van der Waals surface area contributed by atoms with Gasteiger partial charge < -0.3 is 19.6 Å². The minimum Gasteiger partial charge on any atom is -0.477 e. The largest absolute Gasteiger partial charge is 0.477 e. The molecule has 0 fully saturated rings. The lowest BCUT2D eigenvalue weighted by molar-refractivity contribution is -0.153. The fraction of sp³-hybridized carbons (Fsp3) is 0.200. The van der Waals surface area contributed by atoms with Crippen LogP contribution in [0.5, 0.6) is 6.01 Å². The first-order valence-electron chi connectivity index (χ1n) is 9.28. The lowest BCUT2D eigenvalue weighted by atomic mass is 10.2. The first-order chi connectivity index (χ1) is 15.5. The van der Waals surface area contributed by atoms with E-state index in [2.05, 4.69) is 20.3 Å². The SMILES string of the molecule is C[C@H](CC(=N)C(=O)O)Oc1ncc(NC(=O)c2nc(-c3ccccc3)oc2C(F)(F)F)cn1. The Hall–Kier alpha value is -4.29. The predicted molar refractivity (Wildman–Crippen MR) is 107 cm³/mol. The molecule has 3 aromatic rings. The Morgan fingerprint density at radius 2 is 1.85 bits per heavy atom. The molecule has 0 saturated carbocycles. The Bertz CT molecular complexity index is 1160. The van der Waals surface area contributed by atoms with Crippen LogP contribution in [0.1, 0.15) is 29.6 Å². The number of carbonyl (C=O) groups is 2. The third-order valence-corrected chi connectivity index (χ3v) is 4.06. The minimum absolute atomic E-state index is 0.0457. The molecule has 13 heteroatoms. The molecule has 1 aromatic carbocycles. The van der Waals surface area contributed by atoms with Gasteiger partial charge in [0.15, 0.2) is 5.69 Å². The topological polar surface area (TPSA) is 151 Å².